The molecule has 0 aliphatic carbocycles. The fourth-order valence-corrected chi connectivity index (χ4v) is 1.82. The maximum Gasteiger partial charge on any atom is 0.0945 e. The summed E-state index contributed by atoms with van der Waals surface area (Å²) in [5, 5.41) is 3.59. The Labute approximate surface area is 92.9 Å². The minimum atomic E-state index is 0.281. The van der Waals surface area contributed by atoms with Gasteiger partial charge in [-0.3, -0.25) is 0 Å². The van der Waals surface area contributed by atoms with Gasteiger partial charge in [0, 0.05) is 24.5 Å². The third-order valence-electron chi connectivity index (χ3n) is 2.63. The topological polar surface area (TPSA) is 29.9 Å². The Morgan fingerprint density at radius 2 is 2.20 bits per heavy atom. The largest absolute Gasteiger partial charge is 0.337 e. The normalized spacial score (nSPS) is 11.9. The summed E-state index contributed by atoms with van der Waals surface area (Å²) in [6, 6.07) is 0. The first kappa shape index (κ1) is 12.2. The van der Waals surface area contributed by atoms with Crippen LogP contribution in [-0.2, 0) is 6.54 Å². The fraction of sp³-hybridized carbons (Fsp3) is 0.750. The molecule has 0 fully saturated rings. The van der Waals surface area contributed by atoms with E-state index < -0.39 is 0 Å². The first-order valence-corrected chi connectivity index (χ1v) is 5.85. The van der Waals surface area contributed by atoms with Gasteiger partial charge in [-0.15, -0.1) is 0 Å². The van der Waals surface area contributed by atoms with Crippen molar-refractivity contribution in [3.63, 3.8) is 0 Å². The van der Waals surface area contributed by atoms with E-state index >= 15 is 0 Å². The first-order chi connectivity index (χ1) is 7.14. The number of nitrogens with zero attached hydrogens (tertiary/aromatic N) is 2. The molecule has 0 atom stereocenters. The standard InChI is InChI=1S/C12H23N3/c1-4-6-12(2,3)14-7-5-9-15-10-8-13-11-15/h8,10-11,14H,4-7,9H2,1-3H3. The summed E-state index contributed by atoms with van der Waals surface area (Å²) in [5.41, 5.74) is 0.281. The van der Waals surface area contributed by atoms with E-state index in [1.807, 2.05) is 18.7 Å². The Balaban J connectivity index is 2.11. The molecular formula is C12H23N3. The smallest absolute Gasteiger partial charge is 0.0945 e. The van der Waals surface area contributed by atoms with Gasteiger partial charge in [-0.1, -0.05) is 13.3 Å². The lowest BCUT2D eigenvalue weighted by atomic mass is 9.99. The molecule has 15 heavy (non-hydrogen) atoms. The number of rotatable bonds is 7. The van der Waals surface area contributed by atoms with E-state index in [1.54, 1.807) is 0 Å². The second kappa shape index (κ2) is 5.91. The summed E-state index contributed by atoms with van der Waals surface area (Å²) < 4.78 is 2.12. The number of imidazole rings is 1. The number of aromatic nitrogens is 2. The van der Waals surface area contributed by atoms with Crippen molar-refractivity contribution < 1.29 is 0 Å². The van der Waals surface area contributed by atoms with Crippen LogP contribution in [0.25, 0.3) is 0 Å². The van der Waals surface area contributed by atoms with E-state index in [-0.39, 0.29) is 5.54 Å². The summed E-state index contributed by atoms with van der Waals surface area (Å²) in [6.07, 6.45) is 9.34. The van der Waals surface area contributed by atoms with Crippen LogP contribution in [0.15, 0.2) is 18.7 Å². The average molecular weight is 209 g/mol. The zero-order chi connectivity index (χ0) is 11.1. The molecule has 0 amide bonds. The maximum absolute atomic E-state index is 4.02. The number of nitrogens with one attached hydrogen (secondary N) is 1. The van der Waals surface area contributed by atoms with E-state index in [9.17, 15) is 0 Å². The van der Waals surface area contributed by atoms with Crippen molar-refractivity contribution in [3.05, 3.63) is 18.7 Å². The maximum atomic E-state index is 4.02. The van der Waals surface area contributed by atoms with Gasteiger partial charge in [0.05, 0.1) is 6.33 Å². The molecule has 86 valence electrons. The summed E-state index contributed by atoms with van der Waals surface area (Å²) in [6.45, 7) is 8.90. The van der Waals surface area contributed by atoms with Crippen molar-refractivity contribution >= 4 is 0 Å². The van der Waals surface area contributed by atoms with Crippen molar-refractivity contribution in [1.29, 1.82) is 0 Å². The van der Waals surface area contributed by atoms with Gasteiger partial charge in [0.2, 0.25) is 0 Å². The predicted molar refractivity (Wildman–Crippen MR) is 63.8 cm³/mol. The molecule has 0 saturated carbocycles. The van der Waals surface area contributed by atoms with Gasteiger partial charge in [0.15, 0.2) is 0 Å². The SMILES string of the molecule is CCCC(C)(C)NCCCn1ccnc1. The van der Waals surface area contributed by atoms with Gasteiger partial charge in [0.25, 0.3) is 0 Å². The van der Waals surface area contributed by atoms with Gasteiger partial charge >= 0.3 is 0 Å². The summed E-state index contributed by atoms with van der Waals surface area (Å²) in [4.78, 5) is 4.02. The molecule has 0 saturated heterocycles. The molecule has 3 nitrogen and oxygen atoms in total. The highest BCUT2D eigenvalue weighted by Crippen LogP contribution is 2.10. The molecule has 1 aromatic rings. The van der Waals surface area contributed by atoms with Crippen LogP contribution in [0.5, 0.6) is 0 Å². The minimum absolute atomic E-state index is 0.281. The molecule has 0 spiro atoms. The number of hydrogen-bond donors (Lipinski definition) is 1. The lowest BCUT2D eigenvalue weighted by Gasteiger charge is -2.25. The highest BCUT2D eigenvalue weighted by molar-refractivity contribution is 4.77. The monoisotopic (exact) mass is 209 g/mol. The van der Waals surface area contributed by atoms with Crippen LogP contribution in [0, 0.1) is 0 Å². The molecule has 0 aromatic carbocycles. The Morgan fingerprint density at radius 3 is 2.80 bits per heavy atom. The lowest BCUT2D eigenvalue weighted by Crippen LogP contribution is -2.39. The Kier molecular flexibility index (Phi) is 4.82. The van der Waals surface area contributed by atoms with Gasteiger partial charge < -0.3 is 9.88 Å². The van der Waals surface area contributed by atoms with Crippen molar-refractivity contribution in [1.82, 2.24) is 14.9 Å². The van der Waals surface area contributed by atoms with Gasteiger partial charge in [-0.2, -0.15) is 0 Å². The second-order valence-corrected chi connectivity index (χ2v) is 4.71. The van der Waals surface area contributed by atoms with Crippen LogP contribution in [0.4, 0.5) is 0 Å². The zero-order valence-electron chi connectivity index (χ0n) is 10.2. The zero-order valence-corrected chi connectivity index (χ0v) is 10.2. The first-order valence-electron chi connectivity index (χ1n) is 5.85. The molecule has 0 unspecified atom stereocenters. The van der Waals surface area contributed by atoms with Crippen molar-refractivity contribution in [2.75, 3.05) is 6.54 Å². The molecule has 3 heteroatoms. The summed E-state index contributed by atoms with van der Waals surface area (Å²) >= 11 is 0. The van der Waals surface area contributed by atoms with E-state index in [1.165, 1.54) is 12.8 Å². The van der Waals surface area contributed by atoms with E-state index in [2.05, 4.69) is 35.6 Å². The van der Waals surface area contributed by atoms with Crippen LogP contribution in [0.1, 0.15) is 40.0 Å². The van der Waals surface area contributed by atoms with E-state index in [0.717, 1.165) is 19.5 Å². The number of aryl methyl sites for hydroxylation is 1. The Morgan fingerprint density at radius 1 is 1.40 bits per heavy atom. The highest BCUT2D eigenvalue weighted by atomic mass is 15.0. The second-order valence-electron chi connectivity index (χ2n) is 4.71. The van der Waals surface area contributed by atoms with Gasteiger partial charge in [-0.05, 0) is 33.2 Å². The predicted octanol–water partition coefficient (Wildman–Crippen LogP) is 2.44. The quantitative estimate of drug-likeness (QED) is 0.699. The lowest BCUT2D eigenvalue weighted by molar-refractivity contribution is 0.353. The third-order valence-corrected chi connectivity index (χ3v) is 2.63. The van der Waals surface area contributed by atoms with Crippen molar-refractivity contribution in [3.8, 4) is 0 Å². The minimum Gasteiger partial charge on any atom is -0.337 e. The van der Waals surface area contributed by atoms with Crippen LogP contribution in [0.3, 0.4) is 0 Å². The Hall–Kier alpha value is -0.830. The summed E-state index contributed by atoms with van der Waals surface area (Å²) in [7, 11) is 0. The molecule has 0 radical (unpaired) electrons. The molecule has 0 bridgehead atoms. The van der Waals surface area contributed by atoms with Crippen LogP contribution >= 0.6 is 0 Å². The average Bonchev–Trinajstić information content (AvgIpc) is 2.65. The highest BCUT2D eigenvalue weighted by Gasteiger charge is 2.14. The van der Waals surface area contributed by atoms with Crippen LogP contribution < -0.4 is 5.32 Å². The Bertz CT molecular complexity index is 252. The number of hydrogen-bond acceptors (Lipinski definition) is 2. The van der Waals surface area contributed by atoms with Gasteiger partial charge in [0.1, 0.15) is 0 Å². The summed E-state index contributed by atoms with van der Waals surface area (Å²) in [5.74, 6) is 0. The molecule has 0 aliphatic rings. The fourth-order valence-electron chi connectivity index (χ4n) is 1.82. The molecular weight excluding hydrogens is 186 g/mol. The van der Waals surface area contributed by atoms with Crippen LogP contribution in [-0.4, -0.2) is 21.6 Å². The third kappa shape index (κ3) is 4.98. The van der Waals surface area contributed by atoms with Crippen molar-refractivity contribution in [2.24, 2.45) is 0 Å². The van der Waals surface area contributed by atoms with Gasteiger partial charge in [-0.25, -0.2) is 4.98 Å². The van der Waals surface area contributed by atoms with Crippen molar-refractivity contribution in [2.45, 2.75) is 52.1 Å². The molecule has 1 heterocycles. The molecule has 1 N–H and O–H groups in total. The van der Waals surface area contributed by atoms with Crippen LogP contribution in [0.2, 0.25) is 0 Å². The van der Waals surface area contributed by atoms with E-state index in [0.29, 0.717) is 0 Å². The molecule has 1 aromatic heterocycles. The van der Waals surface area contributed by atoms with E-state index in [4.69, 9.17) is 0 Å². The molecule has 1 rings (SSSR count). The molecule has 0 aliphatic heterocycles.